The molecule has 0 unspecified atom stereocenters. The summed E-state index contributed by atoms with van der Waals surface area (Å²) in [5.74, 6) is -0.188. The van der Waals surface area contributed by atoms with Crippen LogP contribution in [0.5, 0.6) is 0 Å². The second-order valence-corrected chi connectivity index (χ2v) is 15.8. The van der Waals surface area contributed by atoms with E-state index < -0.39 is 0 Å². The lowest BCUT2D eigenvalue weighted by atomic mass is 9.72. The van der Waals surface area contributed by atoms with E-state index in [4.69, 9.17) is 28.4 Å². The van der Waals surface area contributed by atoms with Crippen LogP contribution in [0.15, 0.2) is 58.7 Å². The van der Waals surface area contributed by atoms with Crippen molar-refractivity contribution in [2.24, 2.45) is 5.41 Å². The van der Waals surface area contributed by atoms with Crippen molar-refractivity contribution in [3.05, 3.63) is 58.7 Å². The molecule has 0 bridgehead atoms. The summed E-state index contributed by atoms with van der Waals surface area (Å²) >= 11 is 0. The lowest BCUT2D eigenvalue weighted by Crippen LogP contribution is -2.43. The number of carbonyl (C=O) groups excluding carboxylic acids is 3. The average molecular weight is 847 g/mol. The highest BCUT2D eigenvalue weighted by molar-refractivity contribution is 5.88. The van der Waals surface area contributed by atoms with Gasteiger partial charge in [-0.05, 0) is 102 Å². The van der Waals surface area contributed by atoms with Gasteiger partial charge >= 0.3 is 0 Å². The molecule has 0 fully saturated rings. The predicted molar refractivity (Wildman–Crippen MR) is 241 cm³/mol. The van der Waals surface area contributed by atoms with Crippen molar-refractivity contribution in [3.63, 3.8) is 0 Å². The Bertz CT molecular complexity index is 1330. The molecule has 0 aromatic carbocycles. The van der Waals surface area contributed by atoms with Crippen molar-refractivity contribution in [1.82, 2.24) is 21.3 Å². The summed E-state index contributed by atoms with van der Waals surface area (Å²) in [6, 6.07) is -0.285. The summed E-state index contributed by atoms with van der Waals surface area (Å²) in [4.78, 5) is 36.9. The quantitative estimate of drug-likeness (QED) is 0.0318. The highest BCUT2D eigenvalue weighted by atomic mass is 16.5. The summed E-state index contributed by atoms with van der Waals surface area (Å²) in [5, 5.41) is 11.9. The Balaban J connectivity index is 1.99. The maximum atomic E-state index is 12.6. The van der Waals surface area contributed by atoms with E-state index >= 15 is 0 Å². The van der Waals surface area contributed by atoms with E-state index in [1.807, 2.05) is 19.1 Å². The molecule has 344 valence electrons. The molecule has 4 N–H and O–H groups in total. The summed E-state index contributed by atoms with van der Waals surface area (Å²) in [6.07, 6.45) is 20.8. The zero-order valence-corrected chi connectivity index (χ0v) is 38.4. The average Bonchev–Trinajstić information content (AvgIpc) is 3.20. The molecule has 0 aliphatic heterocycles. The summed E-state index contributed by atoms with van der Waals surface area (Å²) in [5.41, 5.74) is 5.22. The Morgan fingerprint density at radius 3 is 1.87 bits per heavy atom. The van der Waals surface area contributed by atoms with Crippen molar-refractivity contribution in [2.75, 3.05) is 106 Å². The molecule has 0 spiro atoms. The van der Waals surface area contributed by atoms with Crippen molar-refractivity contribution in [1.29, 1.82) is 0 Å². The Morgan fingerprint density at radius 1 is 0.700 bits per heavy atom. The minimum absolute atomic E-state index is 0.0333. The lowest BCUT2D eigenvalue weighted by molar-refractivity contribution is -0.123. The van der Waals surface area contributed by atoms with E-state index in [-0.39, 0.29) is 29.2 Å². The maximum Gasteiger partial charge on any atom is 0.244 e. The van der Waals surface area contributed by atoms with Gasteiger partial charge in [0.05, 0.1) is 65.5 Å². The number of hydrogen-bond donors (Lipinski definition) is 4. The highest BCUT2D eigenvalue weighted by Crippen LogP contribution is 2.40. The van der Waals surface area contributed by atoms with Crippen molar-refractivity contribution < 1.29 is 42.8 Å². The Hall–Kier alpha value is -3.17. The van der Waals surface area contributed by atoms with Crippen LogP contribution in [0.2, 0.25) is 0 Å². The third kappa shape index (κ3) is 30.0. The van der Waals surface area contributed by atoms with Gasteiger partial charge in [0.15, 0.2) is 0 Å². The SMILES string of the molecule is CCCOCCOCCOCCC(=O)NCCCOCCOCCOCCCNC(=O)[C@H](CCCCNC(=O)/C=C(C)/C=C/C=C(C)/C=C/C1=C(C)CCCC1(C)C)NC. The van der Waals surface area contributed by atoms with Gasteiger partial charge in [-0.25, -0.2) is 0 Å². The van der Waals surface area contributed by atoms with Crippen LogP contribution >= 0.6 is 0 Å². The van der Waals surface area contributed by atoms with Crippen molar-refractivity contribution in [2.45, 2.75) is 112 Å². The second kappa shape index (κ2) is 36.5. The molecule has 3 amide bonds. The molecule has 0 saturated heterocycles. The van der Waals surface area contributed by atoms with Crippen molar-refractivity contribution in [3.8, 4) is 0 Å². The number of nitrogens with one attached hydrogen (secondary N) is 4. The topological polar surface area (TPSA) is 155 Å². The molecule has 1 rings (SSSR count). The second-order valence-electron chi connectivity index (χ2n) is 15.8. The van der Waals surface area contributed by atoms with Gasteiger partial charge in [0.25, 0.3) is 0 Å². The van der Waals surface area contributed by atoms with E-state index in [0.717, 1.165) is 37.9 Å². The van der Waals surface area contributed by atoms with Gasteiger partial charge in [-0.1, -0.05) is 62.3 Å². The van der Waals surface area contributed by atoms with E-state index in [9.17, 15) is 14.4 Å². The van der Waals surface area contributed by atoms with Gasteiger partial charge in [-0.15, -0.1) is 0 Å². The van der Waals surface area contributed by atoms with E-state index in [2.05, 4.69) is 74.1 Å². The molecule has 0 aromatic heterocycles. The van der Waals surface area contributed by atoms with Crippen LogP contribution < -0.4 is 21.3 Å². The van der Waals surface area contributed by atoms with Crippen LogP contribution in [-0.2, 0) is 42.8 Å². The molecule has 1 aliphatic rings. The molecular formula is C47H82N4O9. The molecule has 1 atom stereocenters. The molecule has 13 heteroatoms. The monoisotopic (exact) mass is 847 g/mol. The number of amides is 3. The Kier molecular flexibility index (Phi) is 33.3. The molecular weight excluding hydrogens is 765 g/mol. The molecule has 60 heavy (non-hydrogen) atoms. The highest BCUT2D eigenvalue weighted by Gasteiger charge is 2.26. The van der Waals surface area contributed by atoms with Crippen LogP contribution in [0.4, 0.5) is 0 Å². The third-order valence-corrected chi connectivity index (χ3v) is 9.88. The summed E-state index contributed by atoms with van der Waals surface area (Å²) in [7, 11) is 1.79. The van der Waals surface area contributed by atoms with Crippen LogP contribution in [0.1, 0.15) is 106 Å². The maximum absolute atomic E-state index is 12.6. The largest absolute Gasteiger partial charge is 0.379 e. The lowest BCUT2D eigenvalue weighted by Gasteiger charge is -2.32. The van der Waals surface area contributed by atoms with Gasteiger partial charge in [-0.2, -0.15) is 0 Å². The van der Waals surface area contributed by atoms with E-state index in [0.29, 0.717) is 112 Å². The number of carbonyl (C=O) groups is 3. The Labute approximate surface area is 362 Å². The number of rotatable bonds is 37. The molecule has 0 saturated carbocycles. The van der Waals surface area contributed by atoms with Gasteiger partial charge < -0.3 is 49.7 Å². The molecule has 13 nitrogen and oxygen atoms in total. The van der Waals surface area contributed by atoms with Crippen LogP contribution in [0, 0.1) is 5.41 Å². The normalized spacial score (nSPS) is 15.2. The zero-order chi connectivity index (χ0) is 44.1. The third-order valence-electron chi connectivity index (χ3n) is 9.88. The van der Waals surface area contributed by atoms with Gasteiger partial charge in [0.1, 0.15) is 0 Å². The summed E-state index contributed by atoms with van der Waals surface area (Å²) < 4.78 is 32.9. The zero-order valence-electron chi connectivity index (χ0n) is 38.4. The molecule has 0 heterocycles. The number of hydrogen-bond acceptors (Lipinski definition) is 10. The van der Waals surface area contributed by atoms with Crippen LogP contribution in [0.25, 0.3) is 0 Å². The molecule has 0 radical (unpaired) electrons. The Morgan fingerprint density at radius 2 is 1.27 bits per heavy atom. The fraction of sp³-hybridized carbons (Fsp3) is 0.723. The fourth-order valence-corrected chi connectivity index (χ4v) is 6.42. The molecule has 0 aromatic rings. The number of likely N-dealkylation sites (N-methyl/N-ethyl adjacent to an activating group) is 1. The fourth-order valence-electron chi connectivity index (χ4n) is 6.42. The first kappa shape index (κ1) is 54.8. The van der Waals surface area contributed by atoms with E-state index in [1.165, 1.54) is 36.0 Å². The molecule has 1 aliphatic carbocycles. The smallest absolute Gasteiger partial charge is 0.244 e. The van der Waals surface area contributed by atoms with E-state index in [1.54, 1.807) is 13.1 Å². The van der Waals surface area contributed by atoms with Crippen molar-refractivity contribution >= 4 is 17.7 Å². The minimum atomic E-state index is -0.285. The van der Waals surface area contributed by atoms with Crippen LogP contribution in [-0.4, -0.2) is 130 Å². The first-order valence-corrected chi connectivity index (χ1v) is 22.4. The van der Waals surface area contributed by atoms with Crippen LogP contribution in [0.3, 0.4) is 0 Å². The number of allylic oxidation sites excluding steroid dienone is 9. The summed E-state index contributed by atoms with van der Waals surface area (Å²) in [6.45, 7) is 20.8. The first-order valence-electron chi connectivity index (χ1n) is 22.4. The minimum Gasteiger partial charge on any atom is -0.379 e. The standard InChI is InChI=1S/C47H82N4O9/c1-8-26-55-30-34-59-37-33-58-29-21-44(52)49-24-13-27-56-31-35-60-36-32-57-28-14-25-51-46(54)43(48-7)18-9-10-23-50-45(53)38-40(3)16-11-15-39(2)19-20-42-41(4)17-12-22-47(42,5)6/h11,15-16,19-20,38,43,48H,8-10,12-14,17-18,21-37H2,1-7H3,(H,49,52)(H,50,53)(H,51,54)/b16-11+,20-19+,39-15+,40-38+/t43-/m0/s1. The van der Waals surface area contributed by atoms with Gasteiger partial charge in [-0.3, -0.25) is 14.4 Å². The number of unbranched alkanes of at least 4 members (excludes halogenated alkanes) is 1. The van der Waals surface area contributed by atoms with Gasteiger partial charge in [0, 0.05) is 52.0 Å². The first-order chi connectivity index (χ1) is 29.0. The number of ether oxygens (including phenoxy) is 6. The predicted octanol–water partition coefficient (Wildman–Crippen LogP) is 6.30. The van der Waals surface area contributed by atoms with Gasteiger partial charge in [0.2, 0.25) is 17.7 Å².